The van der Waals surface area contributed by atoms with Crippen molar-refractivity contribution in [2.24, 2.45) is 0 Å². The molecule has 2 aromatic carbocycles. The maximum atomic E-state index is 13.2. The second kappa shape index (κ2) is 11.0. The van der Waals surface area contributed by atoms with Gasteiger partial charge in [-0.15, -0.1) is 0 Å². The topological polar surface area (TPSA) is 67.9 Å². The van der Waals surface area contributed by atoms with E-state index in [9.17, 15) is 9.59 Å². The molecule has 0 saturated carbocycles. The number of hydrogen-bond acceptors (Lipinski definition) is 4. The first-order valence-corrected chi connectivity index (χ1v) is 10.6. The Hall–Kier alpha value is -2.73. The molecule has 0 unspecified atom stereocenters. The Labute approximate surface area is 189 Å². The Morgan fingerprint density at radius 1 is 1.06 bits per heavy atom. The molecule has 0 aliphatic heterocycles. The molecule has 0 aliphatic rings. The standard InChI is InChI=1S/C24H31ClN2O4/c1-6-19(23(29)26-24(2,3)4)27(15-17-11-7-8-12-18(17)25)22(28)16-31-21-14-10-9-13-20(21)30-5/h7-14,19H,6,15-16H2,1-5H3,(H,26,29)/t19-/m1/s1. The molecule has 0 aliphatic carbocycles. The van der Waals surface area contributed by atoms with Crippen molar-refractivity contribution >= 4 is 23.4 Å². The Morgan fingerprint density at radius 3 is 2.26 bits per heavy atom. The van der Waals surface area contributed by atoms with E-state index in [0.717, 1.165) is 5.56 Å². The molecule has 2 amide bonds. The van der Waals surface area contributed by atoms with Crippen LogP contribution >= 0.6 is 11.6 Å². The van der Waals surface area contributed by atoms with Gasteiger partial charge in [0.05, 0.1) is 7.11 Å². The first kappa shape index (κ1) is 24.5. The number of carbonyl (C=O) groups is 2. The summed E-state index contributed by atoms with van der Waals surface area (Å²) in [4.78, 5) is 27.8. The molecule has 1 atom stereocenters. The molecule has 1 N–H and O–H groups in total. The molecular formula is C24H31ClN2O4. The predicted octanol–water partition coefficient (Wildman–Crippen LogP) is 4.45. The van der Waals surface area contributed by atoms with Gasteiger partial charge in [-0.3, -0.25) is 9.59 Å². The fraction of sp³-hybridized carbons (Fsp3) is 0.417. The molecule has 0 saturated heterocycles. The number of nitrogens with one attached hydrogen (secondary N) is 1. The smallest absolute Gasteiger partial charge is 0.261 e. The summed E-state index contributed by atoms with van der Waals surface area (Å²) in [7, 11) is 1.54. The zero-order valence-electron chi connectivity index (χ0n) is 18.8. The van der Waals surface area contributed by atoms with Gasteiger partial charge in [0.1, 0.15) is 6.04 Å². The van der Waals surface area contributed by atoms with Gasteiger partial charge in [-0.2, -0.15) is 0 Å². The maximum Gasteiger partial charge on any atom is 0.261 e. The van der Waals surface area contributed by atoms with Gasteiger partial charge in [0, 0.05) is 17.1 Å². The highest BCUT2D eigenvalue weighted by molar-refractivity contribution is 6.31. The third-order valence-electron chi connectivity index (χ3n) is 4.60. The van der Waals surface area contributed by atoms with Crippen LogP contribution in [0.5, 0.6) is 11.5 Å². The van der Waals surface area contributed by atoms with Crippen molar-refractivity contribution in [3.8, 4) is 11.5 Å². The van der Waals surface area contributed by atoms with Crippen LogP contribution in [0.2, 0.25) is 5.02 Å². The fourth-order valence-electron chi connectivity index (χ4n) is 3.14. The quantitative estimate of drug-likeness (QED) is 0.617. The van der Waals surface area contributed by atoms with Crippen molar-refractivity contribution in [1.29, 1.82) is 0 Å². The van der Waals surface area contributed by atoms with Crippen LogP contribution in [0.25, 0.3) is 0 Å². The number of halogens is 1. The first-order chi connectivity index (χ1) is 14.7. The normalized spacial score (nSPS) is 12.1. The van der Waals surface area contributed by atoms with Crippen molar-refractivity contribution < 1.29 is 19.1 Å². The van der Waals surface area contributed by atoms with E-state index in [1.165, 1.54) is 12.0 Å². The Morgan fingerprint density at radius 2 is 1.68 bits per heavy atom. The summed E-state index contributed by atoms with van der Waals surface area (Å²) in [6, 6.07) is 13.7. The Bertz CT molecular complexity index is 895. The SMILES string of the molecule is CC[C@H](C(=O)NC(C)(C)C)N(Cc1ccccc1Cl)C(=O)COc1ccccc1OC. The van der Waals surface area contributed by atoms with Crippen LogP contribution in [0.15, 0.2) is 48.5 Å². The highest BCUT2D eigenvalue weighted by Crippen LogP contribution is 2.26. The second-order valence-corrected chi connectivity index (χ2v) is 8.62. The Balaban J connectivity index is 2.27. The lowest BCUT2D eigenvalue weighted by Crippen LogP contribution is -2.54. The average Bonchev–Trinajstić information content (AvgIpc) is 2.72. The molecular weight excluding hydrogens is 416 g/mol. The highest BCUT2D eigenvalue weighted by atomic mass is 35.5. The summed E-state index contributed by atoms with van der Waals surface area (Å²) in [6.07, 6.45) is 0.451. The van der Waals surface area contributed by atoms with Crippen LogP contribution in [0.3, 0.4) is 0 Å². The molecule has 0 heterocycles. The van der Waals surface area contributed by atoms with Crippen LogP contribution in [-0.2, 0) is 16.1 Å². The van der Waals surface area contributed by atoms with E-state index in [2.05, 4.69) is 5.32 Å². The zero-order valence-corrected chi connectivity index (χ0v) is 19.5. The lowest BCUT2D eigenvalue weighted by atomic mass is 10.1. The minimum atomic E-state index is -0.663. The second-order valence-electron chi connectivity index (χ2n) is 8.22. The third kappa shape index (κ3) is 7.17. The lowest BCUT2D eigenvalue weighted by Gasteiger charge is -2.33. The molecule has 0 fully saturated rings. The number of nitrogens with zero attached hydrogens (tertiary/aromatic N) is 1. The monoisotopic (exact) mass is 446 g/mol. The minimum Gasteiger partial charge on any atom is -0.493 e. The predicted molar refractivity (Wildman–Crippen MR) is 122 cm³/mol. The Kier molecular flexibility index (Phi) is 8.75. The van der Waals surface area contributed by atoms with Gasteiger partial charge in [-0.1, -0.05) is 48.9 Å². The van der Waals surface area contributed by atoms with Crippen molar-refractivity contribution in [3.05, 3.63) is 59.1 Å². The fourth-order valence-corrected chi connectivity index (χ4v) is 3.34. The van der Waals surface area contributed by atoms with Gasteiger partial charge in [-0.05, 0) is 51.0 Å². The number of hydrogen-bond donors (Lipinski definition) is 1. The van der Waals surface area contributed by atoms with Crippen molar-refractivity contribution in [2.75, 3.05) is 13.7 Å². The number of methoxy groups -OCH3 is 1. The van der Waals surface area contributed by atoms with E-state index in [-0.39, 0.29) is 25.0 Å². The summed E-state index contributed by atoms with van der Waals surface area (Å²) in [6.45, 7) is 7.56. The summed E-state index contributed by atoms with van der Waals surface area (Å²) in [5.41, 5.74) is 0.342. The molecule has 7 heteroatoms. The number of benzene rings is 2. The van der Waals surface area contributed by atoms with Gasteiger partial charge in [-0.25, -0.2) is 0 Å². The van der Waals surface area contributed by atoms with E-state index in [0.29, 0.717) is 22.9 Å². The van der Waals surface area contributed by atoms with Gasteiger partial charge < -0.3 is 19.7 Å². The molecule has 31 heavy (non-hydrogen) atoms. The number of carbonyl (C=O) groups excluding carboxylic acids is 2. The summed E-state index contributed by atoms with van der Waals surface area (Å²) in [5.74, 6) is 0.461. The van der Waals surface area contributed by atoms with Gasteiger partial charge >= 0.3 is 0 Å². The highest BCUT2D eigenvalue weighted by Gasteiger charge is 2.31. The van der Waals surface area contributed by atoms with Gasteiger partial charge in [0.2, 0.25) is 5.91 Å². The number of para-hydroxylation sites is 2. The van der Waals surface area contributed by atoms with Crippen molar-refractivity contribution in [1.82, 2.24) is 10.2 Å². The van der Waals surface area contributed by atoms with Crippen LogP contribution in [0, 0.1) is 0 Å². The summed E-state index contributed by atoms with van der Waals surface area (Å²) < 4.78 is 11.0. The summed E-state index contributed by atoms with van der Waals surface area (Å²) in [5, 5.41) is 3.51. The van der Waals surface area contributed by atoms with Crippen LogP contribution < -0.4 is 14.8 Å². The third-order valence-corrected chi connectivity index (χ3v) is 4.97. The molecule has 0 bridgehead atoms. The minimum absolute atomic E-state index is 0.198. The van der Waals surface area contributed by atoms with Crippen LogP contribution in [-0.4, -0.2) is 42.0 Å². The van der Waals surface area contributed by atoms with Crippen LogP contribution in [0.4, 0.5) is 0 Å². The average molecular weight is 447 g/mol. The first-order valence-electron chi connectivity index (χ1n) is 10.3. The molecule has 2 aromatic rings. The number of amides is 2. The van der Waals surface area contributed by atoms with Crippen molar-refractivity contribution in [2.45, 2.75) is 52.2 Å². The van der Waals surface area contributed by atoms with E-state index in [4.69, 9.17) is 21.1 Å². The van der Waals surface area contributed by atoms with E-state index in [1.807, 2.05) is 52.0 Å². The molecule has 0 aromatic heterocycles. The molecule has 2 rings (SSSR count). The van der Waals surface area contributed by atoms with Crippen molar-refractivity contribution in [3.63, 3.8) is 0 Å². The number of ether oxygens (including phenoxy) is 2. The van der Waals surface area contributed by atoms with Crippen LogP contribution in [0.1, 0.15) is 39.7 Å². The summed E-state index contributed by atoms with van der Waals surface area (Å²) >= 11 is 6.33. The van der Waals surface area contributed by atoms with E-state index < -0.39 is 11.6 Å². The van der Waals surface area contributed by atoms with E-state index >= 15 is 0 Å². The van der Waals surface area contributed by atoms with Gasteiger partial charge in [0.25, 0.3) is 5.91 Å². The maximum absolute atomic E-state index is 13.2. The molecule has 6 nitrogen and oxygen atoms in total. The van der Waals surface area contributed by atoms with E-state index in [1.54, 1.807) is 24.3 Å². The molecule has 0 spiro atoms. The van der Waals surface area contributed by atoms with Gasteiger partial charge in [0.15, 0.2) is 18.1 Å². The lowest BCUT2D eigenvalue weighted by molar-refractivity contribution is -0.143. The molecule has 168 valence electrons. The zero-order chi connectivity index (χ0) is 23.0. The molecule has 0 radical (unpaired) electrons. The largest absolute Gasteiger partial charge is 0.493 e. The number of rotatable bonds is 9.